The number of anilines is 1. The molecule has 2 aliphatic heterocycles. The van der Waals surface area contributed by atoms with Gasteiger partial charge in [-0.05, 0) is 72.8 Å². The van der Waals surface area contributed by atoms with Crippen LogP contribution in [0.15, 0.2) is 102 Å². The van der Waals surface area contributed by atoms with E-state index in [1.165, 1.54) is 24.0 Å². The van der Waals surface area contributed by atoms with E-state index in [1.54, 1.807) is 35.0 Å². The molecule has 0 saturated carbocycles. The maximum atomic E-state index is 15.3. The number of benzene rings is 3. The molecule has 1 N–H and O–H groups in total. The molecule has 0 aliphatic carbocycles. The number of unbranched alkanes of at least 4 members (excludes halogenated alkanes) is 1. The smallest absolute Gasteiger partial charge is 0.305 e. The van der Waals surface area contributed by atoms with Gasteiger partial charge < -0.3 is 29.0 Å². The van der Waals surface area contributed by atoms with Crippen molar-refractivity contribution in [3.05, 3.63) is 124 Å². The van der Waals surface area contributed by atoms with E-state index in [9.17, 15) is 14.7 Å². The summed E-state index contributed by atoms with van der Waals surface area (Å²) in [4.78, 5) is 42.6. The summed E-state index contributed by atoms with van der Waals surface area (Å²) in [5, 5.41) is 20.5. The maximum Gasteiger partial charge on any atom is 0.305 e. The van der Waals surface area contributed by atoms with Crippen LogP contribution in [-0.2, 0) is 31.2 Å². The van der Waals surface area contributed by atoms with Gasteiger partial charge in [-0.3, -0.25) is 23.6 Å². The number of methoxy groups -OCH3 is 3. The first-order chi connectivity index (χ1) is 28.5. The maximum absolute atomic E-state index is 15.3. The largest absolute Gasteiger partial charge is 0.497 e. The lowest BCUT2D eigenvalue weighted by Crippen LogP contribution is -2.52. The van der Waals surface area contributed by atoms with Crippen LogP contribution in [0.3, 0.4) is 0 Å². The molecule has 4 heterocycles. The van der Waals surface area contributed by atoms with Crippen LogP contribution < -0.4 is 25.1 Å². The van der Waals surface area contributed by atoms with Gasteiger partial charge in [-0.15, -0.1) is 5.10 Å². The number of aliphatic hydroxyl groups is 1. The second-order valence-corrected chi connectivity index (χ2v) is 20.6. The van der Waals surface area contributed by atoms with Crippen molar-refractivity contribution in [2.75, 3.05) is 39.4 Å². The normalized spacial score (nSPS) is 20.5. The summed E-state index contributed by atoms with van der Waals surface area (Å²) in [7, 11) is 2.02. The lowest BCUT2D eigenvalue weighted by Gasteiger charge is -2.37. The molecule has 2 aliphatic rings. The van der Waals surface area contributed by atoms with Crippen LogP contribution in [0, 0.1) is 5.92 Å². The Labute approximate surface area is 345 Å². The van der Waals surface area contributed by atoms with E-state index in [0.29, 0.717) is 49.3 Å². The minimum atomic E-state index is -2.48. The first-order valence-corrected chi connectivity index (χ1v) is 23.2. The summed E-state index contributed by atoms with van der Waals surface area (Å²) in [6.07, 6.45) is 5.12. The number of hydrogen-bond acceptors (Lipinski definition) is 10. The Balaban J connectivity index is 1.30. The van der Waals surface area contributed by atoms with Gasteiger partial charge in [0.2, 0.25) is 0 Å². The lowest BCUT2D eigenvalue weighted by atomic mass is 9.82. The molecule has 0 radical (unpaired) electrons. The van der Waals surface area contributed by atoms with Crippen molar-refractivity contribution in [3.63, 3.8) is 0 Å². The highest BCUT2D eigenvalue weighted by atomic mass is 28.3. The van der Waals surface area contributed by atoms with Gasteiger partial charge in [0.15, 0.2) is 11.4 Å². The average Bonchev–Trinajstić information content (AvgIpc) is 3.91. The molecule has 1 saturated heterocycles. The third-order valence-electron chi connectivity index (χ3n) is 12.4. The topological polar surface area (TPSA) is 147 Å². The number of pyridine rings is 1. The molecule has 1 fully saturated rings. The van der Waals surface area contributed by atoms with Gasteiger partial charge in [0.25, 0.3) is 11.5 Å². The van der Waals surface area contributed by atoms with Gasteiger partial charge in [-0.25, -0.2) is 0 Å². The zero-order valence-corrected chi connectivity index (χ0v) is 35.5. The minimum Gasteiger partial charge on any atom is -0.497 e. The zero-order chi connectivity index (χ0) is 41.9. The van der Waals surface area contributed by atoms with Gasteiger partial charge in [0.1, 0.15) is 5.75 Å². The van der Waals surface area contributed by atoms with Crippen molar-refractivity contribution in [2.24, 2.45) is 5.92 Å². The molecular weight excluding hydrogens is 767 g/mol. The number of aliphatic hydroxyl groups excluding tert-OH is 1. The summed E-state index contributed by atoms with van der Waals surface area (Å²) < 4.78 is 26.5. The van der Waals surface area contributed by atoms with Gasteiger partial charge >= 0.3 is 5.97 Å². The SMILES string of the molecule is COC(=O)CCCCN1C(=O)[C@]2(O[C@H](CCn3cc(C(CO)c4ccccc4)nn3)[C@@H]([Si](C)(C)c3ccc(OC)cc3)[C@@H]2C)c2cc(-n3cccc(OC)c3=O)ccc21. The van der Waals surface area contributed by atoms with Crippen molar-refractivity contribution < 1.29 is 33.6 Å². The minimum absolute atomic E-state index is 0.0485. The number of rotatable bonds is 16. The molecule has 1 unspecified atom stereocenters. The highest BCUT2D eigenvalue weighted by molar-refractivity contribution is 6.91. The van der Waals surface area contributed by atoms with Crippen LogP contribution >= 0.6 is 0 Å². The van der Waals surface area contributed by atoms with Crippen molar-refractivity contribution in [2.45, 2.75) is 75.4 Å². The highest BCUT2D eigenvalue weighted by Crippen LogP contribution is 2.60. The van der Waals surface area contributed by atoms with Crippen molar-refractivity contribution in [1.29, 1.82) is 0 Å². The molecule has 2 aromatic heterocycles. The summed E-state index contributed by atoms with van der Waals surface area (Å²) >= 11 is 0. The Morgan fingerprint density at radius 3 is 2.41 bits per heavy atom. The zero-order valence-electron chi connectivity index (χ0n) is 34.5. The van der Waals surface area contributed by atoms with Gasteiger partial charge in [0.05, 0.1) is 59.4 Å². The number of esters is 1. The molecule has 13 nitrogen and oxygen atoms in total. The van der Waals surface area contributed by atoms with Gasteiger partial charge in [-0.1, -0.05) is 72.9 Å². The van der Waals surface area contributed by atoms with Crippen LogP contribution in [0.1, 0.15) is 55.3 Å². The van der Waals surface area contributed by atoms with Crippen LogP contribution in [0.4, 0.5) is 5.69 Å². The number of amides is 1. The Hall–Kier alpha value is -5.57. The first-order valence-electron chi connectivity index (χ1n) is 20.2. The Morgan fingerprint density at radius 2 is 1.71 bits per heavy atom. The number of nitrogens with zero attached hydrogens (tertiary/aromatic N) is 5. The third kappa shape index (κ3) is 7.72. The number of carbonyl (C=O) groups excluding carboxylic acids is 2. The van der Waals surface area contributed by atoms with Gasteiger partial charge in [-0.2, -0.15) is 0 Å². The lowest BCUT2D eigenvalue weighted by molar-refractivity contribution is -0.146. The van der Waals surface area contributed by atoms with Gasteiger partial charge in [0, 0.05) is 49.1 Å². The van der Waals surface area contributed by atoms with Crippen molar-refractivity contribution >= 4 is 30.8 Å². The van der Waals surface area contributed by atoms with E-state index in [2.05, 4.69) is 42.5 Å². The summed E-state index contributed by atoms with van der Waals surface area (Å²) in [6, 6.07) is 27.0. The van der Waals surface area contributed by atoms with Crippen LogP contribution in [0.25, 0.3) is 5.69 Å². The molecular formula is C45H53N5O8Si. The molecule has 5 aromatic rings. The molecule has 59 heavy (non-hydrogen) atoms. The number of aryl methyl sites for hydroxylation is 1. The fourth-order valence-corrected chi connectivity index (χ4v) is 13.4. The second-order valence-electron chi connectivity index (χ2n) is 15.9. The fraction of sp³-hybridized carbons (Fsp3) is 0.400. The molecule has 0 bridgehead atoms. The highest BCUT2D eigenvalue weighted by Gasteiger charge is 2.66. The fourth-order valence-electron chi connectivity index (χ4n) is 9.31. The van der Waals surface area contributed by atoms with E-state index in [-0.39, 0.29) is 59.7 Å². The second kappa shape index (κ2) is 17.3. The average molecular weight is 820 g/mol. The molecule has 1 spiro atoms. The monoisotopic (exact) mass is 819 g/mol. The standard InChI is InChI=1S/C45H53N5O8Si/c1-30-42(59(5,6)34-20-18-33(55-2)19-21-34)39(23-26-48-28-37(46-47-48)35(29-51)31-13-8-7-9-14-31)58-45(30)36-27-32(49-25-12-15-40(56-3)43(49)53)17-22-38(36)50(44(45)54)24-11-10-16-41(52)57-4/h7-9,12-15,17-22,25,27-28,30,35,39,42,51H,10-11,16,23-24,26,29H2,1-6H3/t30-,35?,39+,42-,45+/m0/s1. The summed E-state index contributed by atoms with van der Waals surface area (Å²) in [5.41, 5.74) is 1.90. The summed E-state index contributed by atoms with van der Waals surface area (Å²) in [5.74, 6) is -0.0839. The molecule has 310 valence electrons. The van der Waals surface area contributed by atoms with Crippen molar-refractivity contribution in [3.8, 4) is 17.2 Å². The number of ether oxygens (including phenoxy) is 4. The van der Waals surface area contributed by atoms with Crippen molar-refractivity contribution in [1.82, 2.24) is 19.6 Å². The predicted molar refractivity (Wildman–Crippen MR) is 226 cm³/mol. The predicted octanol–water partition coefficient (Wildman–Crippen LogP) is 5.57. The molecule has 3 aromatic carbocycles. The first kappa shape index (κ1) is 41.6. The van der Waals surface area contributed by atoms with E-state index in [1.807, 2.05) is 66.9 Å². The van der Waals surface area contributed by atoms with E-state index in [4.69, 9.17) is 18.9 Å². The third-order valence-corrected chi connectivity index (χ3v) is 16.8. The van der Waals surface area contributed by atoms with E-state index < -0.39 is 13.7 Å². The number of fused-ring (bicyclic) bond motifs is 2. The Morgan fingerprint density at radius 1 is 0.949 bits per heavy atom. The van der Waals surface area contributed by atoms with Crippen LogP contribution in [-0.4, -0.2) is 85.2 Å². The number of carbonyl (C=O) groups is 2. The Bertz CT molecular complexity index is 2330. The Kier molecular flexibility index (Phi) is 12.2. The number of hydrogen-bond donors (Lipinski definition) is 1. The quantitative estimate of drug-likeness (QED) is 0.0762. The molecule has 14 heteroatoms. The van der Waals surface area contributed by atoms with E-state index in [0.717, 1.165) is 17.0 Å². The summed E-state index contributed by atoms with van der Waals surface area (Å²) in [6.45, 7) is 7.54. The van der Waals surface area contributed by atoms with Crippen LogP contribution in [0.5, 0.6) is 11.5 Å². The molecule has 5 atom stereocenters. The molecule has 1 amide bonds. The molecule has 7 rings (SSSR count). The van der Waals surface area contributed by atoms with Crippen LogP contribution in [0.2, 0.25) is 18.6 Å². The van der Waals surface area contributed by atoms with E-state index >= 15 is 4.79 Å². The number of aromatic nitrogens is 4.